The fraction of sp³-hybridized carbons (Fsp3) is 0.250. The summed E-state index contributed by atoms with van der Waals surface area (Å²) in [7, 11) is 0. The van der Waals surface area contributed by atoms with Crippen LogP contribution in [0.15, 0.2) is 52.3 Å². The van der Waals surface area contributed by atoms with Crippen molar-refractivity contribution >= 4 is 28.3 Å². The van der Waals surface area contributed by atoms with Gasteiger partial charge in [0.05, 0.1) is 13.2 Å². The van der Waals surface area contributed by atoms with E-state index in [4.69, 9.17) is 9.15 Å². The van der Waals surface area contributed by atoms with Gasteiger partial charge in [0.25, 0.3) is 5.91 Å². The lowest BCUT2D eigenvalue weighted by Crippen LogP contribution is -2.27. The molecular formula is C20H21N3O4S. The number of rotatable bonds is 8. The van der Waals surface area contributed by atoms with Gasteiger partial charge in [-0.25, -0.2) is 4.98 Å². The normalized spacial score (nSPS) is 11.8. The summed E-state index contributed by atoms with van der Waals surface area (Å²) >= 11 is 1.30. The molecule has 0 fully saturated rings. The second kappa shape index (κ2) is 9.29. The summed E-state index contributed by atoms with van der Waals surface area (Å²) in [5, 5.41) is 7.70. The Hall–Kier alpha value is -2.97. The van der Waals surface area contributed by atoms with Crippen LogP contribution >= 0.6 is 11.3 Å². The first-order chi connectivity index (χ1) is 13.5. The van der Waals surface area contributed by atoms with Crippen molar-refractivity contribution in [1.82, 2.24) is 10.3 Å². The number of nitrogens with one attached hydrogen (secondary N) is 2. The lowest BCUT2D eigenvalue weighted by molar-refractivity contribution is -0.127. The lowest BCUT2D eigenvalue weighted by Gasteiger charge is -2.12. The minimum absolute atomic E-state index is 0.125. The van der Waals surface area contributed by atoms with Crippen molar-refractivity contribution in [2.24, 2.45) is 0 Å². The van der Waals surface area contributed by atoms with Crippen molar-refractivity contribution in [2.45, 2.75) is 33.1 Å². The van der Waals surface area contributed by atoms with Gasteiger partial charge in [-0.15, -0.1) is 11.3 Å². The molecule has 1 aromatic carbocycles. The number of carbonyl (C=O) groups is 2. The van der Waals surface area contributed by atoms with E-state index in [-0.39, 0.29) is 11.8 Å². The molecule has 1 unspecified atom stereocenters. The number of aromatic nitrogens is 1. The quantitative estimate of drug-likeness (QED) is 0.604. The van der Waals surface area contributed by atoms with Gasteiger partial charge in [0.15, 0.2) is 10.9 Å². The third-order valence-corrected chi connectivity index (χ3v) is 4.63. The van der Waals surface area contributed by atoms with Gasteiger partial charge < -0.3 is 14.5 Å². The Morgan fingerprint density at radius 1 is 1.21 bits per heavy atom. The summed E-state index contributed by atoms with van der Waals surface area (Å²) in [6, 6.07) is 13.2. The molecule has 28 heavy (non-hydrogen) atoms. The van der Waals surface area contributed by atoms with E-state index < -0.39 is 6.10 Å². The smallest absolute Gasteiger partial charge is 0.255 e. The SMILES string of the molecule is CC(=O)NCc1ccc(-c2csc(NC(=O)C(C)OCc3ccccc3)n2)o1. The highest BCUT2D eigenvalue weighted by molar-refractivity contribution is 7.14. The Bertz CT molecular complexity index is 936. The topological polar surface area (TPSA) is 93.5 Å². The van der Waals surface area contributed by atoms with Crippen LogP contribution in [0.3, 0.4) is 0 Å². The number of thiazole rings is 1. The van der Waals surface area contributed by atoms with E-state index in [1.54, 1.807) is 24.4 Å². The van der Waals surface area contributed by atoms with Crippen LogP contribution in [0.1, 0.15) is 25.2 Å². The van der Waals surface area contributed by atoms with Gasteiger partial charge in [-0.05, 0) is 24.6 Å². The number of amides is 2. The Labute approximate surface area is 166 Å². The van der Waals surface area contributed by atoms with E-state index in [9.17, 15) is 9.59 Å². The molecule has 0 bridgehead atoms. The van der Waals surface area contributed by atoms with E-state index >= 15 is 0 Å². The monoisotopic (exact) mass is 399 g/mol. The van der Waals surface area contributed by atoms with Crippen LogP contribution in [-0.2, 0) is 27.5 Å². The zero-order valence-corrected chi connectivity index (χ0v) is 16.4. The average Bonchev–Trinajstić information content (AvgIpc) is 3.34. The number of furan rings is 1. The zero-order chi connectivity index (χ0) is 19.9. The van der Waals surface area contributed by atoms with Crippen molar-refractivity contribution in [3.63, 3.8) is 0 Å². The molecule has 8 heteroatoms. The molecule has 2 aromatic heterocycles. The van der Waals surface area contributed by atoms with Crippen molar-refractivity contribution in [3.05, 3.63) is 59.2 Å². The summed E-state index contributed by atoms with van der Waals surface area (Å²) in [6.07, 6.45) is -0.611. The van der Waals surface area contributed by atoms with Crippen molar-refractivity contribution in [3.8, 4) is 11.5 Å². The number of ether oxygens (including phenoxy) is 1. The molecule has 146 valence electrons. The van der Waals surface area contributed by atoms with Crippen LogP contribution in [-0.4, -0.2) is 22.9 Å². The standard InChI is InChI=1S/C20H21N3O4S/c1-13(26-11-15-6-4-3-5-7-15)19(25)23-20-22-17(12-28-20)18-9-8-16(27-18)10-21-14(2)24/h3-9,12-13H,10-11H2,1-2H3,(H,21,24)(H,22,23,25). The number of carbonyl (C=O) groups excluding carboxylic acids is 2. The summed E-state index contributed by atoms with van der Waals surface area (Å²) in [6.45, 7) is 3.83. The summed E-state index contributed by atoms with van der Waals surface area (Å²) in [5.41, 5.74) is 1.62. The molecule has 0 radical (unpaired) electrons. The Kier molecular flexibility index (Phi) is 6.57. The van der Waals surface area contributed by atoms with Gasteiger partial charge in [-0.3, -0.25) is 14.9 Å². The molecule has 0 aliphatic heterocycles. The third-order valence-electron chi connectivity index (χ3n) is 3.87. The van der Waals surface area contributed by atoms with E-state index in [0.29, 0.717) is 35.5 Å². The average molecular weight is 399 g/mol. The minimum atomic E-state index is -0.611. The van der Waals surface area contributed by atoms with Crippen LogP contribution in [0.25, 0.3) is 11.5 Å². The molecule has 0 aliphatic carbocycles. The van der Waals surface area contributed by atoms with Gasteiger partial charge in [-0.2, -0.15) is 0 Å². The Morgan fingerprint density at radius 3 is 2.75 bits per heavy atom. The van der Waals surface area contributed by atoms with Gasteiger partial charge in [-0.1, -0.05) is 30.3 Å². The highest BCUT2D eigenvalue weighted by Crippen LogP contribution is 2.26. The van der Waals surface area contributed by atoms with E-state index in [1.165, 1.54) is 18.3 Å². The fourth-order valence-corrected chi connectivity index (χ4v) is 3.05. The second-order valence-corrected chi connectivity index (χ2v) is 7.00. The number of hydrogen-bond donors (Lipinski definition) is 2. The molecule has 0 saturated heterocycles. The predicted molar refractivity (Wildman–Crippen MR) is 107 cm³/mol. The predicted octanol–water partition coefficient (Wildman–Crippen LogP) is 3.58. The van der Waals surface area contributed by atoms with Crippen molar-refractivity contribution in [1.29, 1.82) is 0 Å². The number of hydrogen-bond acceptors (Lipinski definition) is 6. The molecule has 3 rings (SSSR count). The fourth-order valence-electron chi connectivity index (χ4n) is 2.34. The van der Waals surface area contributed by atoms with E-state index in [2.05, 4.69) is 15.6 Å². The maximum atomic E-state index is 12.3. The minimum Gasteiger partial charge on any atom is -0.458 e. The number of nitrogens with zero attached hydrogens (tertiary/aromatic N) is 1. The maximum absolute atomic E-state index is 12.3. The summed E-state index contributed by atoms with van der Waals surface area (Å²) in [5.74, 6) is 0.819. The molecule has 1 atom stereocenters. The Morgan fingerprint density at radius 2 is 2.00 bits per heavy atom. The van der Waals surface area contributed by atoms with Crippen molar-refractivity contribution < 1.29 is 18.7 Å². The Balaban J connectivity index is 1.53. The first-order valence-electron chi connectivity index (χ1n) is 8.76. The second-order valence-electron chi connectivity index (χ2n) is 6.14. The molecule has 0 saturated carbocycles. The van der Waals surface area contributed by atoms with Crippen LogP contribution in [0, 0.1) is 0 Å². The highest BCUT2D eigenvalue weighted by atomic mass is 32.1. The first-order valence-corrected chi connectivity index (χ1v) is 9.64. The number of anilines is 1. The van der Waals surface area contributed by atoms with Gasteiger partial charge >= 0.3 is 0 Å². The highest BCUT2D eigenvalue weighted by Gasteiger charge is 2.16. The van der Waals surface area contributed by atoms with Crippen LogP contribution in [0.5, 0.6) is 0 Å². The lowest BCUT2D eigenvalue weighted by atomic mass is 10.2. The molecule has 0 spiro atoms. The van der Waals surface area contributed by atoms with Crippen molar-refractivity contribution in [2.75, 3.05) is 5.32 Å². The molecular weight excluding hydrogens is 378 g/mol. The summed E-state index contributed by atoms with van der Waals surface area (Å²) < 4.78 is 11.3. The molecule has 3 aromatic rings. The zero-order valence-electron chi connectivity index (χ0n) is 15.6. The maximum Gasteiger partial charge on any atom is 0.255 e. The molecule has 2 N–H and O–H groups in total. The molecule has 7 nitrogen and oxygen atoms in total. The van der Waals surface area contributed by atoms with Gasteiger partial charge in [0, 0.05) is 12.3 Å². The van der Waals surface area contributed by atoms with E-state index in [1.807, 2.05) is 30.3 Å². The van der Waals surface area contributed by atoms with E-state index in [0.717, 1.165) is 5.56 Å². The number of benzene rings is 1. The largest absolute Gasteiger partial charge is 0.458 e. The molecule has 2 amide bonds. The first kappa shape index (κ1) is 19.8. The summed E-state index contributed by atoms with van der Waals surface area (Å²) in [4.78, 5) is 27.6. The molecule has 2 heterocycles. The van der Waals surface area contributed by atoms with Crippen LogP contribution < -0.4 is 10.6 Å². The van der Waals surface area contributed by atoms with Crippen LogP contribution in [0.2, 0.25) is 0 Å². The van der Waals surface area contributed by atoms with Gasteiger partial charge in [0.1, 0.15) is 17.6 Å². The molecule has 0 aliphatic rings. The third kappa shape index (κ3) is 5.51. The van der Waals surface area contributed by atoms with Gasteiger partial charge in [0.2, 0.25) is 5.91 Å². The van der Waals surface area contributed by atoms with Crippen LogP contribution in [0.4, 0.5) is 5.13 Å².